The molecule has 0 unspecified atom stereocenters. The second-order valence-electron chi connectivity index (χ2n) is 9.00. The molecule has 1 N–H and O–H groups in total. The summed E-state index contributed by atoms with van der Waals surface area (Å²) in [5.41, 5.74) is 3.81. The largest absolute Gasteiger partial charge is 0.497 e. The van der Waals surface area contributed by atoms with E-state index < -0.39 is 6.04 Å². The van der Waals surface area contributed by atoms with Gasteiger partial charge in [0.15, 0.2) is 0 Å². The first-order valence-corrected chi connectivity index (χ1v) is 12.2. The van der Waals surface area contributed by atoms with Crippen LogP contribution >= 0.6 is 0 Å². The SMILES string of the molecule is COc1ccc(OC)c(CN2CCN([C@@H](C(=O)Nc3cc(C)ccc3OC)c3ccccc3)CC2)c1. The Morgan fingerprint density at radius 3 is 2.22 bits per heavy atom. The summed E-state index contributed by atoms with van der Waals surface area (Å²) in [5.74, 6) is 2.26. The van der Waals surface area contributed by atoms with Gasteiger partial charge in [0.1, 0.15) is 23.3 Å². The lowest BCUT2D eigenvalue weighted by Crippen LogP contribution is -2.49. The molecule has 1 amide bonds. The van der Waals surface area contributed by atoms with Crippen molar-refractivity contribution in [2.45, 2.75) is 19.5 Å². The molecular formula is C29H35N3O4. The van der Waals surface area contributed by atoms with Gasteiger partial charge >= 0.3 is 0 Å². The first-order valence-electron chi connectivity index (χ1n) is 12.2. The third kappa shape index (κ3) is 5.98. The highest BCUT2D eigenvalue weighted by atomic mass is 16.5. The fourth-order valence-corrected chi connectivity index (χ4v) is 4.71. The van der Waals surface area contributed by atoms with Gasteiger partial charge in [0.2, 0.25) is 5.91 Å². The topological polar surface area (TPSA) is 63.3 Å². The smallest absolute Gasteiger partial charge is 0.246 e. The predicted molar refractivity (Wildman–Crippen MR) is 142 cm³/mol. The van der Waals surface area contributed by atoms with Crippen molar-refractivity contribution in [3.63, 3.8) is 0 Å². The van der Waals surface area contributed by atoms with Crippen molar-refractivity contribution in [3.05, 3.63) is 83.4 Å². The zero-order chi connectivity index (χ0) is 25.5. The number of piperazine rings is 1. The van der Waals surface area contributed by atoms with Crippen LogP contribution in [0.4, 0.5) is 5.69 Å². The minimum absolute atomic E-state index is 0.0620. The predicted octanol–water partition coefficient (Wildman–Crippen LogP) is 4.52. The Morgan fingerprint density at radius 1 is 0.861 bits per heavy atom. The van der Waals surface area contributed by atoms with Crippen molar-refractivity contribution in [2.75, 3.05) is 52.8 Å². The Kier molecular flexibility index (Phi) is 8.46. The summed E-state index contributed by atoms with van der Waals surface area (Å²) in [4.78, 5) is 18.3. The van der Waals surface area contributed by atoms with Crippen LogP contribution in [0.5, 0.6) is 17.2 Å². The van der Waals surface area contributed by atoms with Crippen LogP contribution in [0.25, 0.3) is 0 Å². The number of carbonyl (C=O) groups is 1. The molecule has 190 valence electrons. The molecule has 1 atom stereocenters. The van der Waals surface area contributed by atoms with Gasteiger partial charge in [0, 0.05) is 38.3 Å². The van der Waals surface area contributed by atoms with Gasteiger partial charge in [0.05, 0.1) is 27.0 Å². The van der Waals surface area contributed by atoms with E-state index in [1.165, 1.54) is 0 Å². The monoisotopic (exact) mass is 489 g/mol. The number of carbonyl (C=O) groups excluding carboxylic acids is 1. The van der Waals surface area contributed by atoms with Crippen LogP contribution in [0.2, 0.25) is 0 Å². The van der Waals surface area contributed by atoms with Crippen molar-refractivity contribution >= 4 is 11.6 Å². The molecule has 1 aliphatic rings. The molecule has 0 saturated carbocycles. The highest BCUT2D eigenvalue weighted by Gasteiger charge is 2.31. The lowest BCUT2D eigenvalue weighted by molar-refractivity contribution is -0.122. The molecule has 0 radical (unpaired) electrons. The molecule has 3 aromatic rings. The van der Waals surface area contributed by atoms with Gasteiger partial charge in [-0.15, -0.1) is 0 Å². The molecule has 4 rings (SSSR count). The summed E-state index contributed by atoms with van der Waals surface area (Å²) in [6, 6.07) is 21.3. The van der Waals surface area contributed by atoms with Crippen LogP contribution in [-0.2, 0) is 11.3 Å². The molecule has 7 heteroatoms. The van der Waals surface area contributed by atoms with Gasteiger partial charge in [-0.25, -0.2) is 0 Å². The average Bonchev–Trinajstić information content (AvgIpc) is 2.90. The maximum Gasteiger partial charge on any atom is 0.246 e. The molecule has 1 saturated heterocycles. The Bertz CT molecular complexity index is 1160. The van der Waals surface area contributed by atoms with Crippen LogP contribution in [0.3, 0.4) is 0 Å². The third-order valence-electron chi connectivity index (χ3n) is 6.63. The summed E-state index contributed by atoms with van der Waals surface area (Å²) >= 11 is 0. The molecule has 1 heterocycles. The van der Waals surface area contributed by atoms with Gasteiger partial charge in [0.25, 0.3) is 0 Å². The van der Waals surface area contributed by atoms with Crippen molar-refractivity contribution < 1.29 is 19.0 Å². The molecule has 7 nitrogen and oxygen atoms in total. The second kappa shape index (κ2) is 11.9. The maximum atomic E-state index is 13.7. The summed E-state index contributed by atoms with van der Waals surface area (Å²) in [6.07, 6.45) is 0. The quantitative estimate of drug-likeness (QED) is 0.477. The molecule has 0 aliphatic carbocycles. The normalized spacial score (nSPS) is 15.2. The van der Waals surface area contributed by atoms with E-state index in [-0.39, 0.29) is 5.91 Å². The zero-order valence-corrected chi connectivity index (χ0v) is 21.5. The van der Waals surface area contributed by atoms with Crippen LogP contribution in [0.1, 0.15) is 22.7 Å². The Labute approximate surface area is 213 Å². The van der Waals surface area contributed by atoms with Crippen LogP contribution in [0, 0.1) is 6.92 Å². The summed E-state index contributed by atoms with van der Waals surface area (Å²) in [6.45, 7) is 5.97. The zero-order valence-electron chi connectivity index (χ0n) is 21.5. The summed E-state index contributed by atoms with van der Waals surface area (Å²) in [5, 5.41) is 3.13. The Balaban J connectivity index is 1.49. The van der Waals surface area contributed by atoms with E-state index in [9.17, 15) is 4.79 Å². The third-order valence-corrected chi connectivity index (χ3v) is 6.63. The van der Waals surface area contributed by atoms with E-state index in [2.05, 4.69) is 15.1 Å². The number of nitrogens with zero attached hydrogens (tertiary/aromatic N) is 2. The number of benzene rings is 3. The molecule has 0 spiro atoms. The van der Waals surface area contributed by atoms with Crippen LogP contribution in [0.15, 0.2) is 66.7 Å². The number of methoxy groups -OCH3 is 3. The fraction of sp³-hybridized carbons (Fsp3) is 0.345. The molecule has 3 aromatic carbocycles. The minimum Gasteiger partial charge on any atom is -0.497 e. The molecule has 0 bridgehead atoms. The van der Waals surface area contributed by atoms with E-state index in [0.717, 1.165) is 60.9 Å². The standard InChI is InChI=1S/C29H35N3O4/c1-21-10-12-27(36-4)25(18-21)30-29(33)28(22-8-6-5-7-9-22)32-16-14-31(15-17-32)20-23-19-24(34-2)11-13-26(23)35-3/h5-13,18-19,28H,14-17,20H2,1-4H3,(H,30,33)/t28-/m1/s1. The maximum absolute atomic E-state index is 13.7. The number of anilines is 1. The van der Waals surface area contributed by atoms with Gasteiger partial charge in [-0.1, -0.05) is 36.4 Å². The lowest BCUT2D eigenvalue weighted by Gasteiger charge is -2.39. The van der Waals surface area contributed by atoms with E-state index >= 15 is 0 Å². The first kappa shape index (κ1) is 25.5. The minimum atomic E-state index is -0.398. The van der Waals surface area contributed by atoms with Gasteiger partial charge in [-0.3, -0.25) is 14.6 Å². The molecule has 0 aromatic heterocycles. The first-order chi connectivity index (χ1) is 17.5. The van der Waals surface area contributed by atoms with Crippen molar-refractivity contribution in [2.24, 2.45) is 0 Å². The van der Waals surface area contributed by atoms with E-state index in [1.807, 2.05) is 73.7 Å². The average molecular weight is 490 g/mol. The Morgan fingerprint density at radius 2 is 1.56 bits per heavy atom. The summed E-state index contributed by atoms with van der Waals surface area (Å²) in [7, 11) is 4.98. The Hall–Kier alpha value is -3.55. The fourth-order valence-electron chi connectivity index (χ4n) is 4.71. The van der Waals surface area contributed by atoms with Gasteiger partial charge < -0.3 is 19.5 Å². The molecule has 1 fully saturated rings. The van der Waals surface area contributed by atoms with Gasteiger partial charge in [-0.2, -0.15) is 0 Å². The highest BCUT2D eigenvalue weighted by molar-refractivity contribution is 5.96. The highest BCUT2D eigenvalue weighted by Crippen LogP contribution is 2.30. The number of amides is 1. The second-order valence-corrected chi connectivity index (χ2v) is 9.00. The van der Waals surface area contributed by atoms with Crippen molar-refractivity contribution in [1.82, 2.24) is 9.80 Å². The van der Waals surface area contributed by atoms with E-state index in [1.54, 1.807) is 21.3 Å². The lowest BCUT2D eigenvalue weighted by atomic mass is 10.0. The summed E-state index contributed by atoms with van der Waals surface area (Å²) < 4.78 is 16.5. The number of rotatable bonds is 9. The van der Waals surface area contributed by atoms with Crippen LogP contribution < -0.4 is 19.5 Å². The number of ether oxygens (including phenoxy) is 3. The van der Waals surface area contributed by atoms with Crippen LogP contribution in [-0.4, -0.2) is 63.2 Å². The molecule has 1 aliphatic heterocycles. The van der Waals surface area contributed by atoms with Crippen molar-refractivity contribution in [3.8, 4) is 17.2 Å². The van der Waals surface area contributed by atoms with Crippen molar-refractivity contribution in [1.29, 1.82) is 0 Å². The number of aryl methyl sites for hydroxylation is 1. The molecular weight excluding hydrogens is 454 g/mol. The number of hydrogen-bond acceptors (Lipinski definition) is 6. The van der Waals surface area contributed by atoms with E-state index in [4.69, 9.17) is 14.2 Å². The van der Waals surface area contributed by atoms with E-state index in [0.29, 0.717) is 11.4 Å². The molecule has 36 heavy (non-hydrogen) atoms. The van der Waals surface area contributed by atoms with Gasteiger partial charge in [-0.05, 0) is 48.4 Å². The number of nitrogens with one attached hydrogen (secondary N) is 1. The number of hydrogen-bond donors (Lipinski definition) is 1.